The van der Waals surface area contributed by atoms with E-state index in [1.165, 1.54) is 0 Å². The van der Waals surface area contributed by atoms with Crippen molar-refractivity contribution < 1.29 is 14.1 Å². The van der Waals surface area contributed by atoms with Crippen molar-refractivity contribution in [3.05, 3.63) is 41.5 Å². The number of likely N-dealkylation sites (tertiary alicyclic amines) is 1. The summed E-state index contributed by atoms with van der Waals surface area (Å²) in [7, 11) is 5.35. The second kappa shape index (κ2) is 7.23. The Kier molecular flexibility index (Phi) is 5.03. The first-order chi connectivity index (χ1) is 12.0. The van der Waals surface area contributed by atoms with Crippen LogP contribution in [-0.4, -0.2) is 48.2 Å². The summed E-state index contributed by atoms with van der Waals surface area (Å²) in [5, 5.41) is 7.23. The van der Waals surface area contributed by atoms with Crippen LogP contribution >= 0.6 is 0 Å². The fourth-order valence-electron chi connectivity index (χ4n) is 3.23. The number of methoxy groups -OCH3 is 1. The molecule has 0 aliphatic carbocycles. The van der Waals surface area contributed by atoms with E-state index in [1.54, 1.807) is 12.0 Å². The Balaban J connectivity index is 1.86. The van der Waals surface area contributed by atoms with Crippen molar-refractivity contribution in [1.29, 1.82) is 0 Å². The molecule has 25 heavy (non-hydrogen) atoms. The quantitative estimate of drug-likeness (QED) is 0.862. The number of benzene rings is 1. The molecule has 0 saturated carbocycles. The Hall–Kier alpha value is -2.41. The van der Waals surface area contributed by atoms with Crippen LogP contribution in [0.4, 0.5) is 0 Å². The minimum absolute atomic E-state index is 0.0779. The monoisotopic (exact) mass is 344 g/mol. The molecule has 1 amide bonds. The minimum atomic E-state index is -0.142. The summed E-state index contributed by atoms with van der Waals surface area (Å²) >= 11 is 0. The number of hydrogen-bond donors (Lipinski definition) is 1. The van der Waals surface area contributed by atoms with Gasteiger partial charge in [0, 0.05) is 25.9 Å². The standard InChI is InChI=1S/C18H24N4O3/c1-11(19-2)9-15-20-18(25-21-15)14-10-16(23)22(3)17(14)12-5-7-13(24-4)8-6-12/h5-8,11,14,17,19H,9-10H2,1-4H3. The lowest BCUT2D eigenvalue weighted by Crippen LogP contribution is -2.24. The number of ether oxygens (including phenoxy) is 1. The number of rotatable bonds is 6. The molecule has 1 fully saturated rings. The summed E-state index contributed by atoms with van der Waals surface area (Å²) in [5.74, 6) is 1.91. The van der Waals surface area contributed by atoms with Gasteiger partial charge in [-0.05, 0) is 31.7 Å². The van der Waals surface area contributed by atoms with Gasteiger partial charge in [-0.3, -0.25) is 4.79 Å². The highest BCUT2D eigenvalue weighted by molar-refractivity contribution is 5.80. The molecule has 1 aliphatic heterocycles. The molecule has 1 aliphatic rings. The topological polar surface area (TPSA) is 80.5 Å². The lowest BCUT2D eigenvalue weighted by Gasteiger charge is -2.23. The predicted molar refractivity (Wildman–Crippen MR) is 92.4 cm³/mol. The number of hydrogen-bond acceptors (Lipinski definition) is 6. The molecular weight excluding hydrogens is 320 g/mol. The van der Waals surface area contributed by atoms with Gasteiger partial charge in [0.25, 0.3) is 0 Å². The summed E-state index contributed by atoms with van der Waals surface area (Å²) in [4.78, 5) is 18.6. The van der Waals surface area contributed by atoms with E-state index < -0.39 is 0 Å². The number of likely N-dealkylation sites (N-methyl/N-ethyl adjacent to an activating group) is 2. The van der Waals surface area contributed by atoms with Crippen LogP contribution in [0.25, 0.3) is 0 Å². The van der Waals surface area contributed by atoms with Gasteiger partial charge in [0.15, 0.2) is 5.82 Å². The maximum atomic E-state index is 12.3. The zero-order chi connectivity index (χ0) is 18.0. The van der Waals surface area contributed by atoms with Gasteiger partial charge in [0.1, 0.15) is 5.75 Å². The Bertz CT molecular complexity index is 728. The van der Waals surface area contributed by atoms with E-state index in [0.717, 1.165) is 11.3 Å². The van der Waals surface area contributed by atoms with Crippen molar-refractivity contribution in [2.24, 2.45) is 0 Å². The van der Waals surface area contributed by atoms with Crippen LogP contribution in [0.1, 0.15) is 42.6 Å². The van der Waals surface area contributed by atoms with Gasteiger partial charge in [-0.2, -0.15) is 4.98 Å². The van der Waals surface area contributed by atoms with E-state index in [4.69, 9.17) is 9.26 Å². The van der Waals surface area contributed by atoms with E-state index >= 15 is 0 Å². The van der Waals surface area contributed by atoms with Crippen molar-refractivity contribution in [3.8, 4) is 5.75 Å². The van der Waals surface area contributed by atoms with Gasteiger partial charge in [-0.15, -0.1) is 0 Å². The van der Waals surface area contributed by atoms with E-state index in [2.05, 4.69) is 22.4 Å². The lowest BCUT2D eigenvalue weighted by molar-refractivity contribution is -0.127. The Morgan fingerprint density at radius 1 is 1.40 bits per heavy atom. The van der Waals surface area contributed by atoms with Gasteiger partial charge >= 0.3 is 0 Å². The normalized spacial score (nSPS) is 21.6. The van der Waals surface area contributed by atoms with Gasteiger partial charge in [-0.1, -0.05) is 17.3 Å². The van der Waals surface area contributed by atoms with Crippen LogP contribution in [-0.2, 0) is 11.2 Å². The second-order valence-electron chi connectivity index (χ2n) is 6.48. The molecule has 3 unspecified atom stereocenters. The number of amides is 1. The van der Waals surface area contributed by atoms with Crippen LogP contribution in [0.15, 0.2) is 28.8 Å². The summed E-state index contributed by atoms with van der Waals surface area (Å²) in [6, 6.07) is 7.90. The molecule has 2 heterocycles. The molecule has 3 rings (SSSR count). The average Bonchev–Trinajstić information content (AvgIpc) is 3.20. The third-order valence-corrected chi connectivity index (χ3v) is 4.83. The molecule has 1 N–H and O–H groups in total. The highest BCUT2D eigenvalue weighted by Gasteiger charge is 2.42. The highest BCUT2D eigenvalue weighted by Crippen LogP contribution is 2.43. The molecule has 1 aromatic carbocycles. The van der Waals surface area contributed by atoms with Gasteiger partial charge in [-0.25, -0.2) is 0 Å². The van der Waals surface area contributed by atoms with E-state index in [0.29, 0.717) is 24.6 Å². The van der Waals surface area contributed by atoms with Crippen molar-refractivity contribution in [2.75, 3.05) is 21.2 Å². The third kappa shape index (κ3) is 3.51. The summed E-state index contributed by atoms with van der Waals surface area (Å²) in [6.07, 6.45) is 1.06. The van der Waals surface area contributed by atoms with E-state index in [-0.39, 0.29) is 23.9 Å². The zero-order valence-corrected chi connectivity index (χ0v) is 15.0. The van der Waals surface area contributed by atoms with Crippen LogP contribution in [0.2, 0.25) is 0 Å². The molecule has 1 aromatic heterocycles. The fourth-order valence-corrected chi connectivity index (χ4v) is 3.23. The number of carbonyl (C=O) groups excluding carboxylic acids is 1. The summed E-state index contributed by atoms with van der Waals surface area (Å²) in [5.41, 5.74) is 1.03. The third-order valence-electron chi connectivity index (χ3n) is 4.83. The number of carbonyl (C=O) groups is 1. The molecule has 134 valence electrons. The van der Waals surface area contributed by atoms with Crippen molar-refractivity contribution in [1.82, 2.24) is 20.4 Å². The molecule has 0 spiro atoms. The van der Waals surface area contributed by atoms with Crippen LogP contribution in [0, 0.1) is 0 Å². The zero-order valence-electron chi connectivity index (χ0n) is 15.0. The number of nitrogens with one attached hydrogen (secondary N) is 1. The average molecular weight is 344 g/mol. The molecular formula is C18H24N4O3. The van der Waals surface area contributed by atoms with Crippen LogP contribution in [0.3, 0.4) is 0 Å². The SMILES string of the molecule is CNC(C)Cc1noc(C2CC(=O)N(C)C2c2ccc(OC)cc2)n1. The van der Waals surface area contributed by atoms with Crippen molar-refractivity contribution >= 4 is 5.91 Å². The van der Waals surface area contributed by atoms with Crippen LogP contribution < -0.4 is 10.1 Å². The first-order valence-corrected chi connectivity index (χ1v) is 8.42. The van der Waals surface area contributed by atoms with Crippen molar-refractivity contribution in [2.45, 2.75) is 37.8 Å². The predicted octanol–water partition coefficient (Wildman–Crippen LogP) is 1.92. The van der Waals surface area contributed by atoms with Crippen molar-refractivity contribution in [3.63, 3.8) is 0 Å². The van der Waals surface area contributed by atoms with E-state index in [1.807, 2.05) is 38.4 Å². The largest absolute Gasteiger partial charge is 0.497 e. The smallest absolute Gasteiger partial charge is 0.232 e. The molecule has 7 heteroatoms. The first-order valence-electron chi connectivity index (χ1n) is 8.42. The maximum Gasteiger partial charge on any atom is 0.232 e. The minimum Gasteiger partial charge on any atom is -0.497 e. The molecule has 1 saturated heterocycles. The summed E-state index contributed by atoms with van der Waals surface area (Å²) in [6.45, 7) is 2.06. The lowest BCUT2D eigenvalue weighted by atomic mass is 9.93. The molecule has 2 aromatic rings. The highest BCUT2D eigenvalue weighted by atomic mass is 16.5. The van der Waals surface area contributed by atoms with Gasteiger partial charge in [0.05, 0.1) is 19.1 Å². The van der Waals surface area contributed by atoms with Gasteiger partial charge in [0.2, 0.25) is 11.8 Å². The van der Waals surface area contributed by atoms with E-state index in [9.17, 15) is 4.79 Å². The molecule has 7 nitrogen and oxygen atoms in total. The van der Waals surface area contributed by atoms with Gasteiger partial charge < -0.3 is 19.5 Å². The Labute approximate surface area is 147 Å². The number of aromatic nitrogens is 2. The fraction of sp³-hybridized carbons (Fsp3) is 0.500. The Morgan fingerprint density at radius 3 is 2.76 bits per heavy atom. The first kappa shape index (κ1) is 17.4. The molecule has 0 bridgehead atoms. The molecule has 3 atom stereocenters. The number of nitrogens with zero attached hydrogens (tertiary/aromatic N) is 3. The Morgan fingerprint density at radius 2 is 2.12 bits per heavy atom. The molecule has 0 radical (unpaired) electrons. The second-order valence-corrected chi connectivity index (χ2v) is 6.48. The maximum absolute atomic E-state index is 12.3. The van der Waals surface area contributed by atoms with Crippen LogP contribution in [0.5, 0.6) is 5.75 Å². The summed E-state index contributed by atoms with van der Waals surface area (Å²) < 4.78 is 10.7.